The molecule has 2 aliphatic rings. The van der Waals surface area contributed by atoms with Crippen molar-refractivity contribution in [1.82, 2.24) is 24.2 Å². The van der Waals surface area contributed by atoms with Gasteiger partial charge in [0.05, 0.1) is 16.5 Å². The zero-order valence-electron chi connectivity index (χ0n) is 16.0. The second kappa shape index (κ2) is 6.38. The highest BCUT2D eigenvalue weighted by molar-refractivity contribution is 7.90. The van der Waals surface area contributed by atoms with Gasteiger partial charge in [0.25, 0.3) is 5.89 Å². The minimum Gasteiger partial charge on any atom is -0.334 e. The molecule has 148 valence electrons. The number of rotatable bonds is 4. The monoisotopic (exact) mass is 401 g/mol. The standard InChI is InChI=1S/C19H23N5O3S/c1-12-16-6-3-14(11-17(16)23(2)21-12)19-20-18(22-27-19)13-7-9-24(10-8-13)28(25,26)15-4-5-15/h3,6,11,13,15H,4-5,7-10H2,1-2H3. The van der Waals surface area contributed by atoms with E-state index in [4.69, 9.17) is 4.52 Å². The number of fused-ring (bicyclic) bond motifs is 1. The summed E-state index contributed by atoms with van der Waals surface area (Å²) in [6.45, 7) is 3.06. The third-order valence-corrected chi connectivity index (χ3v) is 8.25. The first kappa shape index (κ1) is 17.8. The van der Waals surface area contributed by atoms with Gasteiger partial charge in [0.2, 0.25) is 10.0 Å². The van der Waals surface area contributed by atoms with E-state index in [0.29, 0.717) is 24.8 Å². The average Bonchev–Trinajstić information content (AvgIpc) is 3.38. The van der Waals surface area contributed by atoms with Crippen molar-refractivity contribution in [3.63, 3.8) is 0 Å². The number of aromatic nitrogens is 4. The summed E-state index contributed by atoms with van der Waals surface area (Å²) in [5, 5.41) is 9.59. The van der Waals surface area contributed by atoms with Crippen molar-refractivity contribution in [2.24, 2.45) is 7.05 Å². The van der Waals surface area contributed by atoms with Crippen LogP contribution in [0.4, 0.5) is 0 Å². The number of aryl methyl sites for hydroxylation is 2. The largest absolute Gasteiger partial charge is 0.334 e. The Kier molecular flexibility index (Phi) is 4.06. The molecule has 2 aromatic heterocycles. The highest BCUT2D eigenvalue weighted by atomic mass is 32.2. The summed E-state index contributed by atoms with van der Waals surface area (Å²) >= 11 is 0. The number of hydrogen-bond acceptors (Lipinski definition) is 6. The van der Waals surface area contributed by atoms with Gasteiger partial charge < -0.3 is 4.52 Å². The summed E-state index contributed by atoms with van der Waals surface area (Å²) in [6, 6.07) is 6.01. The van der Waals surface area contributed by atoms with E-state index in [1.165, 1.54) is 0 Å². The Hall–Kier alpha value is -2.26. The molecule has 1 saturated carbocycles. The van der Waals surface area contributed by atoms with E-state index < -0.39 is 10.0 Å². The first-order chi connectivity index (χ1) is 13.4. The summed E-state index contributed by atoms with van der Waals surface area (Å²) < 4.78 is 33.8. The molecule has 1 aromatic carbocycles. The third-order valence-electron chi connectivity index (χ3n) is 5.85. The Morgan fingerprint density at radius 1 is 1.14 bits per heavy atom. The number of benzene rings is 1. The van der Waals surface area contributed by atoms with Gasteiger partial charge in [0, 0.05) is 37.0 Å². The van der Waals surface area contributed by atoms with Gasteiger partial charge >= 0.3 is 0 Å². The van der Waals surface area contributed by atoms with Crippen LogP contribution in [0.5, 0.6) is 0 Å². The van der Waals surface area contributed by atoms with Crippen LogP contribution in [0.1, 0.15) is 43.1 Å². The molecule has 0 bridgehead atoms. The molecule has 1 aliphatic heterocycles. The average molecular weight is 401 g/mol. The quantitative estimate of drug-likeness (QED) is 0.667. The molecule has 5 rings (SSSR count). The lowest BCUT2D eigenvalue weighted by molar-refractivity contribution is 0.306. The zero-order valence-corrected chi connectivity index (χ0v) is 16.8. The fraction of sp³-hybridized carbons (Fsp3) is 0.526. The van der Waals surface area contributed by atoms with Gasteiger partial charge in [0.1, 0.15) is 0 Å². The molecule has 0 N–H and O–H groups in total. The van der Waals surface area contributed by atoms with Gasteiger partial charge in [-0.15, -0.1) is 0 Å². The molecule has 1 aliphatic carbocycles. The first-order valence-electron chi connectivity index (χ1n) is 9.70. The Labute approximate surface area is 163 Å². The van der Waals surface area contributed by atoms with E-state index >= 15 is 0 Å². The molecule has 2 fully saturated rings. The molecule has 28 heavy (non-hydrogen) atoms. The lowest BCUT2D eigenvalue weighted by Crippen LogP contribution is -2.39. The van der Waals surface area contributed by atoms with Crippen LogP contribution in [0.25, 0.3) is 22.4 Å². The molecule has 3 aromatic rings. The molecular weight excluding hydrogens is 378 g/mol. The van der Waals surface area contributed by atoms with Gasteiger partial charge in [-0.1, -0.05) is 11.2 Å². The van der Waals surface area contributed by atoms with Crippen LogP contribution in [-0.2, 0) is 17.1 Å². The molecule has 0 radical (unpaired) electrons. The van der Waals surface area contributed by atoms with E-state index in [-0.39, 0.29) is 11.2 Å². The van der Waals surface area contributed by atoms with Crippen LogP contribution in [-0.4, -0.2) is 51.0 Å². The van der Waals surface area contributed by atoms with Crippen molar-refractivity contribution in [3.05, 3.63) is 29.7 Å². The predicted molar refractivity (Wildman–Crippen MR) is 104 cm³/mol. The van der Waals surface area contributed by atoms with E-state index in [2.05, 4.69) is 15.2 Å². The Bertz CT molecular complexity index is 1140. The zero-order chi connectivity index (χ0) is 19.5. The molecule has 1 saturated heterocycles. The number of nitrogens with zero attached hydrogens (tertiary/aromatic N) is 5. The molecule has 0 unspecified atom stereocenters. The number of piperidine rings is 1. The fourth-order valence-electron chi connectivity index (χ4n) is 4.03. The van der Waals surface area contributed by atoms with Gasteiger partial charge in [-0.05, 0) is 44.7 Å². The SMILES string of the molecule is Cc1nn(C)c2cc(-c3nc(C4CCN(S(=O)(=O)C5CC5)CC4)no3)ccc12. The second-order valence-electron chi connectivity index (χ2n) is 7.82. The van der Waals surface area contributed by atoms with Crippen molar-refractivity contribution in [2.75, 3.05) is 13.1 Å². The summed E-state index contributed by atoms with van der Waals surface area (Å²) in [6.07, 6.45) is 3.06. The van der Waals surface area contributed by atoms with E-state index in [9.17, 15) is 8.42 Å². The minimum atomic E-state index is -3.09. The maximum absolute atomic E-state index is 12.4. The maximum atomic E-state index is 12.4. The molecule has 8 nitrogen and oxygen atoms in total. The smallest absolute Gasteiger partial charge is 0.258 e. The molecule has 0 atom stereocenters. The van der Waals surface area contributed by atoms with Gasteiger partial charge in [-0.3, -0.25) is 4.68 Å². The first-order valence-corrected chi connectivity index (χ1v) is 11.2. The van der Waals surface area contributed by atoms with E-state index in [0.717, 1.165) is 47.8 Å². The van der Waals surface area contributed by atoms with Crippen molar-refractivity contribution in [1.29, 1.82) is 0 Å². The highest BCUT2D eigenvalue weighted by Crippen LogP contribution is 2.35. The summed E-state index contributed by atoms with van der Waals surface area (Å²) in [7, 11) is -1.18. The van der Waals surface area contributed by atoms with Crippen LogP contribution < -0.4 is 0 Å². The molecule has 0 spiro atoms. The Morgan fingerprint density at radius 3 is 2.61 bits per heavy atom. The van der Waals surface area contributed by atoms with Crippen LogP contribution in [0, 0.1) is 6.92 Å². The Balaban J connectivity index is 1.33. The van der Waals surface area contributed by atoms with Crippen LogP contribution >= 0.6 is 0 Å². The third kappa shape index (κ3) is 2.93. The van der Waals surface area contributed by atoms with Gasteiger partial charge in [-0.25, -0.2) is 12.7 Å². The maximum Gasteiger partial charge on any atom is 0.258 e. The van der Waals surface area contributed by atoms with Crippen LogP contribution in [0.2, 0.25) is 0 Å². The van der Waals surface area contributed by atoms with Crippen LogP contribution in [0.15, 0.2) is 22.7 Å². The van der Waals surface area contributed by atoms with E-state index in [1.807, 2.05) is 36.9 Å². The topological polar surface area (TPSA) is 94.1 Å². The lowest BCUT2D eigenvalue weighted by atomic mass is 9.97. The summed E-state index contributed by atoms with van der Waals surface area (Å²) in [5.41, 5.74) is 2.87. The molecule has 0 amide bonds. The second-order valence-corrected chi connectivity index (χ2v) is 10.0. The molecular formula is C19H23N5O3S. The lowest BCUT2D eigenvalue weighted by Gasteiger charge is -2.29. The summed E-state index contributed by atoms with van der Waals surface area (Å²) in [4.78, 5) is 4.61. The number of hydrogen-bond donors (Lipinski definition) is 0. The normalized spacial score (nSPS) is 19.5. The van der Waals surface area contributed by atoms with E-state index in [1.54, 1.807) is 4.31 Å². The highest BCUT2D eigenvalue weighted by Gasteiger charge is 2.41. The van der Waals surface area contributed by atoms with Crippen molar-refractivity contribution in [2.45, 2.75) is 43.8 Å². The van der Waals surface area contributed by atoms with Crippen molar-refractivity contribution in [3.8, 4) is 11.5 Å². The predicted octanol–water partition coefficient (Wildman–Crippen LogP) is 2.60. The van der Waals surface area contributed by atoms with Crippen molar-refractivity contribution >= 4 is 20.9 Å². The molecule has 9 heteroatoms. The fourth-order valence-corrected chi connectivity index (χ4v) is 5.91. The summed E-state index contributed by atoms with van der Waals surface area (Å²) in [5.74, 6) is 1.29. The van der Waals surface area contributed by atoms with Gasteiger partial charge in [0.15, 0.2) is 5.82 Å². The Morgan fingerprint density at radius 2 is 1.89 bits per heavy atom. The van der Waals surface area contributed by atoms with Gasteiger partial charge in [-0.2, -0.15) is 10.1 Å². The minimum absolute atomic E-state index is 0.130. The number of sulfonamides is 1. The molecule has 3 heterocycles. The van der Waals surface area contributed by atoms with Crippen molar-refractivity contribution < 1.29 is 12.9 Å². The van der Waals surface area contributed by atoms with Crippen LogP contribution in [0.3, 0.4) is 0 Å².